The largest absolute Gasteiger partial charge is 0.481 e. The lowest BCUT2D eigenvalue weighted by molar-refractivity contribution is 0.150. The summed E-state index contributed by atoms with van der Waals surface area (Å²) in [5.74, 6) is 1.94. The molecule has 0 saturated carbocycles. The molecule has 1 saturated heterocycles. The molecule has 1 fully saturated rings. The van der Waals surface area contributed by atoms with Gasteiger partial charge in [-0.3, -0.25) is 9.65 Å². The maximum atomic E-state index is 11.9. The lowest BCUT2D eigenvalue weighted by Gasteiger charge is -2.45. The zero-order chi connectivity index (χ0) is 22.5. The number of anilines is 3. The second-order valence-electron chi connectivity index (χ2n) is 7.61. The normalized spacial score (nSPS) is 22.8. The predicted octanol–water partition coefficient (Wildman–Crippen LogP) is 2.04. The number of hydrogen-bond acceptors (Lipinski definition) is 8. The molecule has 3 heterocycles. The maximum Gasteiger partial charge on any atom is 0.235 e. The molecule has 0 bridgehead atoms. The van der Waals surface area contributed by atoms with Crippen molar-refractivity contribution in [1.29, 1.82) is 0 Å². The highest BCUT2D eigenvalue weighted by Gasteiger charge is 2.39. The van der Waals surface area contributed by atoms with E-state index in [-0.39, 0.29) is 24.7 Å². The first-order chi connectivity index (χ1) is 14.9. The number of aliphatic hydroxyl groups excluding tert-OH is 1. The number of nitrogens with zero attached hydrogens (tertiary/aromatic N) is 5. The second-order valence-corrected chi connectivity index (χ2v) is 8.49. The van der Waals surface area contributed by atoms with Crippen LogP contribution >= 0.6 is 0 Å². The number of H-pyrrole nitrogens is 1. The van der Waals surface area contributed by atoms with Gasteiger partial charge in [-0.2, -0.15) is 19.4 Å². The Morgan fingerprint density at radius 3 is 2.45 bits per heavy atom. The SMILES string of the molecule is CC[C@@H]1CC(N(C)c2nc(Nc3cc(CO)[nH]n3)cc(OC)n2)C[C@H](CC)N1S(=O)O. The van der Waals surface area contributed by atoms with Gasteiger partial charge in [0.25, 0.3) is 0 Å². The molecule has 2 unspecified atom stereocenters. The van der Waals surface area contributed by atoms with E-state index in [4.69, 9.17) is 4.74 Å². The minimum atomic E-state index is -1.99. The minimum Gasteiger partial charge on any atom is -0.481 e. The molecule has 172 valence electrons. The van der Waals surface area contributed by atoms with Gasteiger partial charge < -0.3 is 20.1 Å². The number of rotatable bonds is 9. The Morgan fingerprint density at radius 2 is 1.94 bits per heavy atom. The average molecular weight is 454 g/mol. The number of ether oxygens (including phenoxy) is 1. The van der Waals surface area contributed by atoms with Crippen LogP contribution in [-0.2, 0) is 17.9 Å². The van der Waals surface area contributed by atoms with E-state index in [1.807, 2.05) is 25.8 Å². The quantitative estimate of drug-likeness (QED) is 0.420. The van der Waals surface area contributed by atoms with Gasteiger partial charge in [-0.25, -0.2) is 4.21 Å². The van der Waals surface area contributed by atoms with Gasteiger partial charge in [-0.15, -0.1) is 0 Å². The van der Waals surface area contributed by atoms with Crippen LogP contribution in [0.1, 0.15) is 45.2 Å². The number of piperidine rings is 1. The van der Waals surface area contributed by atoms with Crippen molar-refractivity contribution in [3.05, 3.63) is 17.8 Å². The summed E-state index contributed by atoms with van der Waals surface area (Å²) in [5.41, 5.74) is 0.588. The first-order valence-electron chi connectivity index (χ1n) is 10.4. The van der Waals surface area contributed by atoms with Gasteiger partial charge in [-0.1, -0.05) is 13.8 Å². The van der Waals surface area contributed by atoms with Crippen LogP contribution < -0.4 is 15.0 Å². The van der Waals surface area contributed by atoms with E-state index in [1.165, 1.54) is 0 Å². The molecule has 0 amide bonds. The van der Waals surface area contributed by atoms with Gasteiger partial charge in [-0.05, 0) is 25.7 Å². The van der Waals surface area contributed by atoms with E-state index < -0.39 is 11.3 Å². The highest BCUT2D eigenvalue weighted by molar-refractivity contribution is 7.76. The molecule has 4 N–H and O–H groups in total. The zero-order valence-electron chi connectivity index (χ0n) is 18.3. The third-order valence-corrected chi connectivity index (χ3v) is 6.71. The fraction of sp³-hybridized carbons (Fsp3) is 0.632. The van der Waals surface area contributed by atoms with E-state index in [0.29, 0.717) is 29.2 Å². The van der Waals surface area contributed by atoms with Crippen LogP contribution in [0.25, 0.3) is 0 Å². The van der Waals surface area contributed by atoms with Crippen molar-refractivity contribution < 1.29 is 18.6 Å². The van der Waals surface area contributed by atoms with Gasteiger partial charge in [0, 0.05) is 37.3 Å². The van der Waals surface area contributed by atoms with Crippen molar-refractivity contribution in [2.45, 2.75) is 64.3 Å². The Bertz CT molecular complexity index is 882. The molecule has 0 aliphatic carbocycles. The Kier molecular flexibility index (Phi) is 7.81. The summed E-state index contributed by atoms with van der Waals surface area (Å²) < 4.78 is 28.8. The van der Waals surface area contributed by atoms with Gasteiger partial charge in [0.1, 0.15) is 5.82 Å². The fourth-order valence-corrected chi connectivity index (χ4v) is 5.02. The summed E-state index contributed by atoms with van der Waals surface area (Å²) in [4.78, 5) is 11.1. The van der Waals surface area contributed by atoms with Crippen molar-refractivity contribution in [1.82, 2.24) is 24.5 Å². The van der Waals surface area contributed by atoms with Crippen molar-refractivity contribution in [3.63, 3.8) is 0 Å². The number of aromatic amines is 1. The molecular weight excluding hydrogens is 422 g/mol. The second kappa shape index (κ2) is 10.4. The lowest BCUT2D eigenvalue weighted by atomic mass is 9.90. The Labute approximate surface area is 184 Å². The summed E-state index contributed by atoms with van der Waals surface area (Å²) in [6.07, 6.45) is 3.03. The van der Waals surface area contributed by atoms with E-state index >= 15 is 0 Å². The number of aliphatic hydroxyl groups is 1. The lowest BCUT2D eigenvalue weighted by Crippen LogP contribution is -2.54. The summed E-state index contributed by atoms with van der Waals surface area (Å²) in [7, 11) is 3.48. The standard InChI is InChI=1S/C19H31N7O4S/c1-5-13-8-15(9-14(6-2)26(13)31(28)29)25(3)19-21-16(10-18(22-19)30-4)20-17-7-12(11-27)23-24-17/h7,10,13-15,27H,5-6,8-9,11H2,1-4H3,(H,28,29)(H2,20,21,22,23,24)/t13-,14+,15?. The van der Waals surface area contributed by atoms with Crippen molar-refractivity contribution >= 4 is 28.9 Å². The van der Waals surface area contributed by atoms with Crippen LogP contribution in [0.2, 0.25) is 0 Å². The molecule has 0 aromatic carbocycles. The first kappa shape index (κ1) is 23.4. The molecule has 11 nitrogen and oxygen atoms in total. The molecule has 0 spiro atoms. The summed E-state index contributed by atoms with van der Waals surface area (Å²) in [5, 5.41) is 19.1. The van der Waals surface area contributed by atoms with Crippen molar-refractivity contribution in [2.75, 3.05) is 24.4 Å². The smallest absolute Gasteiger partial charge is 0.235 e. The van der Waals surface area contributed by atoms with Gasteiger partial charge in [0.2, 0.25) is 23.1 Å². The monoisotopic (exact) mass is 453 g/mol. The molecule has 31 heavy (non-hydrogen) atoms. The number of methoxy groups -OCH3 is 1. The van der Waals surface area contributed by atoms with Gasteiger partial charge >= 0.3 is 0 Å². The topological polar surface area (TPSA) is 140 Å². The van der Waals surface area contributed by atoms with E-state index in [2.05, 4.69) is 25.5 Å². The third kappa shape index (κ3) is 5.32. The Hall–Kier alpha value is -2.28. The summed E-state index contributed by atoms with van der Waals surface area (Å²) >= 11 is -1.99. The van der Waals surface area contributed by atoms with E-state index in [0.717, 1.165) is 25.7 Å². The van der Waals surface area contributed by atoms with Crippen LogP contribution in [0.15, 0.2) is 12.1 Å². The van der Waals surface area contributed by atoms with Gasteiger partial charge in [0.15, 0.2) is 5.82 Å². The number of nitrogens with one attached hydrogen (secondary N) is 2. The molecule has 3 rings (SSSR count). The first-order valence-corrected chi connectivity index (χ1v) is 11.4. The Balaban J connectivity index is 1.84. The highest BCUT2D eigenvalue weighted by atomic mass is 32.2. The highest BCUT2D eigenvalue weighted by Crippen LogP contribution is 2.32. The number of hydrogen-bond donors (Lipinski definition) is 4. The number of aromatic nitrogens is 4. The molecule has 2 aromatic rings. The molecule has 1 aliphatic rings. The maximum absolute atomic E-state index is 11.9. The third-order valence-electron chi connectivity index (χ3n) is 5.75. The minimum absolute atomic E-state index is 0.00106. The summed E-state index contributed by atoms with van der Waals surface area (Å²) in [6, 6.07) is 3.48. The van der Waals surface area contributed by atoms with Crippen LogP contribution in [0.3, 0.4) is 0 Å². The predicted molar refractivity (Wildman–Crippen MR) is 119 cm³/mol. The summed E-state index contributed by atoms with van der Waals surface area (Å²) in [6.45, 7) is 3.94. The van der Waals surface area contributed by atoms with Crippen LogP contribution in [0, 0.1) is 0 Å². The van der Waals surface area contributed by atoms with Crippen LogP contribution in [-0.4, -0.2) is 70.6 Å². The average Bonchev–Trinajstić information content (AvgIpc) is 3.24. The molecular formula is C19H31N7O4S. The van der Waals surface area contributed by atoms with E-state index in [1.54, 1.807) is 23.5 Å². The molecule has 1 aliphatic heterocycles. The molecule has 12 heteroatoms. The molecule has 0 radical (unpaired) electrons. The Morgan fingerprint density at radius 1 is 1.26 bits per heavy atom. The fourth-order valence-electron chi connectivity index (χ4n) is 4.04. The molecule has 2 aromatic heterocycles. The van der Waals surface area contributed by atoms with Crippen molar-refractivity contribution in [2.24, 2.45) is 0 Å². The zero-order valence-corrected chi connectivity index (χ0v) is 19.1. The van der Waals surface area contributed by atoms with Gasteiger partial charge in [0.05, 0.1) is 19.4 Å². The van der Waals surface area contributed by atoms with Crippen molar-refractivity contribution in [3.8, 4) is 5.88 Å². The molecule has 4 atom stereocenters. The van der Waals surface area contributed by atoms with Crippen LogP contribution in [0.4, 0.5) is 17.6 Å². The van der Waals surface area contributed by atoms with E-state index in [9.17, 15) is 13.9 Å². The van der Waals surface area contributed by atoms with Crippen LogP contribution in [0.5, 0.6) is 5.88 Å².